The van der Waals surface area contributed by atoms with Crippen LogP contribution in [0.25, 0.3) is 0 Å². The van der Waals surface area contributed by atoms with Crippen LogP contribution in [0.1, 0.15) is 37.7 Å². The first-order valence-corrected chi connectivity index (χ1v) is 9.47. The molecule has 1 N–H and O–H groups in total. The number of benzene rings is 1. The number of ether oxygens (including phenoxy) is 2. The van der Waals surface area contributed by atoms with Crippen LogP contribution < -0.4 is 10.1 Å². The fourth-order valence-corrected chi connectivity index (χ4v) is 3.95. The quantitative estimate of drug-likeness (QED) is 0.860. The van der Waals surface area contributed by atoms with Crippen molar-refractivity contribution in [3.8, 4) is 5.75 Å². The molecule has 1 aromatic rings. The topological polar surface area (TPSA) is 50.8 Å². The van der Waals surface area contributed by atoms with Crippen molar-refractivity contribution in [1.29, 1.82) is 0 Å². The average Bonchev–Trinajstić information content (AvgIpc) is 2.67. The van der Waals surface area contributed by atoms with E-state index >= 15 is 0 Å². The molecule has 1 saturated carbocycles. The highest BCUT2D eigenvalue weighted by molar-refractivity contribution is 5.77. The summed E-state index contributed by atoms with van der Waals surface area (Å²) in [7, 11) is 0. The number of hydrogen-bond acceptors (Lipinski definition) is 4. The summed E-state index contributed by atoms with van der Waals surface area (Å²) in [6, 6.07) is 7.78. The normalized spacial score (nSPS) is 20.8. The fraction of sp³-hybridized carbons (Fsp3) is 0.650. The lowest BCUT2D eigenvalue weighted by atomic mass is 9.79. The maximum atomic E-state index is 12.3. The van der Waals surface area contributed by atoms with Crippen LogP contribution in [0.4, 0.5) is 0 Å². The molecule has 1 aliphatic heterocycles. The minimum absolute atomic E-state index is 0.0428. The Kier molecular flexibility index (Phi) is 6.32. The molecule has 3 rings (SSSR count). The Balaban J connectivity index is 1.51. The largest absolute Gasteiger partial charge is 0.484 e. The number of hydrogen-bond donors (Lipinski definition) is 1. The summed E-state index contributed by atoms with van der Waals surface area (Å²) in [5.74, 6) is 0.695. The number of nitrogens with one attached hydrogen (secondary N) is 1. The van der Waals surface area contributed by atoms with Crippen molar-refractivity contribution < 1.29 is 14.3 Å². The van der Waals surface area contributed by atoms with Gasteiger partial charge in [-0.3, -0.25) is 9.69 Å². The zero-order valence-corrected chi connectivity index (χ0v) is 15.3. The van der Waals surface area contributed by atoms with Crippen molar-refractivity contribution in [1.82, 2.24) is 10.2 Å². The average molecular weight is 346 g/mol. The van der Waals surface area contributed by atoms with Crippen LogP contribution in [0.3, 0.4) is 0 Å². The molecule has 5 nitrogen and oxygen atoms in total. The molecule has 25 heavy (non-hydrogen) atoms. The van der Waals surface area contributed by atoms with Crippen LogP contribution in [0.5, 0.6) is 5.75 Å². The third-order valence-electron chi connectivity index (χ3n) is 5.47. The van der Waals surface area contributed by atoms with Crippen LogP contribution >= 0.6 is 0 Å². The molecule has 1 amide bonds. The van der Waals surface area contributed by atoms with Gasteiger partial charge in [-0.1, -0.05) is 37.0 Å². The molecule has 1 heterocycles. The molecule has 0 aromatic heterocycles. The predicted molar refractivity (Wildman–Crippen MR) is 97.9 cm³/mol. The first kappa shape index (κ1) is 18.2. The third-order valence-corrected chi connectivity index (χ3v) is 5.47. The first-order chi connectivity index (χ1) is 12.2. The highest BCUT2D eigenvalue weighted by Gasteiger charge is 2.38. The molecule has 0 unspecified atom stereocenters. The summed E-state index contributed by atoms with van der Waals surface area (Å²) >= 11 is 0. The van der Waals surface area contributed by atoms with Gasteiger partial charge in [-0.15, -0.1) is 0 Å². The molecule has 5 heteroatoms. The standard InChI is InChI=1S/C20H30N2O3/c1-17-5-7-18(8-6-17)25-15-19(23)21-16-20(9-3-2-4-10-20)22-11-13-24-14-12-22/h5-8H,2-4,9-16H2,1H3,(H,21,23). The lowest BCUT2D eigenvalue weighted by Gasteiger charge is -2.48. The predicted octanol–water partition coefficient (Wildman–Crippen LogP) is 2.53. The van der Waals surface area contributed by atoms with E-state index in [4.69, 9.17) is 9.47 Å². The van der Waals surface area contributed by atoms with Crippen LogP contribution in [-0.2, 0) is 9.53 Å². The zero-order chi connectivity index (χ0) is 17.5. The van der Waals surface area contributed by atoms with E-state index in [1.807, 2.05) is 31.2 Å². The number of aryl methyl sites for hydroxylation is 1. The molecule has 0 spiro atoms. The summed E-state index contributed by atoms with van der Waals surface area (Å²) in [6.07, 6.45) is 6.11. The highest BCUT2D eigenvalue weighted by atomic mass is 16.5. The lowest BCUT2D eigenvalue weighted by Crippen LogP contribution is -2.60. The Morgan fingerprint density at radius 3 is 2.52 bits per heavy atom. The minimum atomic E-state index is -0.0428. The van der Waals surface area contributed by atoms with Gasteiger partial charge in [0.2, 0.25) is 0 Å². The number of morpholine rings is 1. The molecule has 2 aliphatic rings. The van der Waals surface area contributed by atoms with Gasteiger partial charge in [0.05, 0.1) is 13.2 Å². The smallest absolute Gasteiger partial charge is 0.258 e. The number of carbonyl (C=O) groups is 1. The summed E-state index contributed by atoms with van der Waals surface area (Å²) in [6.45, 7) is 6.35. The third kappa shape index (κ3) is 4.95. The van der Waals surface area contributed by atoms with Gasteiger partial charge in [0.15, 0.2) is 6.61 Å². The van der Waals surface area contributed by atoms with Crippen LogP contribution in [0.15, 0.2) is 24.3 Å². The molecule has 0 radical (unpaired) electrons. The van der Waals surface area contributed by atoms with Gasteiger partial charge >= 0.3 is 0 Å². The van der Waals surface area contributed by atoms with E-state index in [1.54, 1.807) is 0 Å². The minimum Gasteiger partial charge on any atom is -0.484 e. The molecular formula is C20H30N2O3. The molecule has 0 bridgehead atoms. The van der Waals surface area contributed by atoms with Crippen molar-refractivity contribution in [3.05, 3.63) is 29.8 Å². The van der Waals surface area contributed by atoms with Crippen LogP contribution in [-0.4, -0.2) is 55.8 Å². The number of amides is 1. The summed E-state index contributed by atoms with van der Waals surface area (Å²) in [5, 5.41) is 3.13. The number of carbonyl (C=O) groups excluding carboxylic acids is 1. The van der Waals surface area contributed by atoms with E-state index < -0.39 is 0 Å². The lowest BCUT2D eigenvalue weighted by molar-refractivity contribution is -0.124. The van der Waals surface area contributed by atoms with Crippen LogP contribution in [0, 0.1) is 6.92 Å². The molecule has 0 atom stereocenters. The fourth-order valence-electron chi connectivity index (χ4n) is 3.95. The second kappa shape index (κ2) is 8.68. The van der Waals surface area contributed by atoms with E-state index in [0.29, 0.717) is 6.54 Å². The molecule has 138 valence electrons. The maximum Gasteiger partial charge on any atom is 0.258 e. The number of rotatable bonds is 6. The van der Waals surface area contributed by atoms with E-state index in [2.05, 4.69) is 10.2 Å². The Bertz CT molecular complexity index is 547. The molecular weight excluding hydrogens is 316 g/mol. The first-order valence-electron chi connectivity index (χ1n) is 9.47. The summed E-state index contributed by atoms with van der Waals surface area (Å²) in [4.78, 5) is 14.8. The molecule has 1 aliphatic carbocycles. The Morgan fingerprint density at radius 2 is 1.84 bits per heavy atom. The monoisotopic (exact) mass is 346 g/mol. The molecule has 2 fully saturated rings. The van der Waals surface area contributed by atoms with Gasteiger partial charge in [-0.25, -0.2) is 0 Å². The van der Waals surface area contributed by atoms with Crippen molar-refractivity contribution in [2.75, 3.05) is 39.5 Å². The van der Waals surface area contributed by atoms with Crippen molar-refractivity contribution in [3.63, 3.8) is 0 Å². The Morgan fingerprint density at radius 1 is 1.16 bits per heavy atom. The van der Waals surface area contributed by atoms with E-state index in [9.17, 15) is 4.79 Å². The molecule has 1 saturated heterocycles. The van der Waals surface area contributed by atoms with Gasteiger partial charge in [-0.05, 0) is 31.9 Å². The van der Waals surface area contributed by atoms with Gasteiger partial charge < -0.3 is 14.8 Å². The van der Waals surface area contributed by atoms with E-state index in [1.165, 1.54) is 24.8 Å². The van der Waals surface area contributed by atoms with Gasteiger partial charge in [0.1, 0.15) is 5.75 Å². The molecule has 1 aromatic carbocycles. The van der Waals surface area contributed by atoms with Crippen molar-refractivity contribution in [2.24, 2.45) is 0 Å². The van der Waals surface area contributed by atoms with Crippen molar-refractivity contribution in [2.45, 2.75) is 44.6 Å². The van der Waals surface area contributed by atoms with E-state index in [-0.39, 0.29) is 18.1 Å². The maximum absolute atomic E-state index is 12.3. The second-order valence-electron chi connectivity index (χ2n) is 7.26. The number of nitrogens with zero attached hydrogens (tertiary/aromatic N) is 1. The van der Waals surface area contributed by atoms with Gasteiger partial charge in [0.25, 0.3) is 5.91 Å². The second-order valence-corrected chi connectivity index (χ2v) is 7.26. The summed E-state index contributed by atoms with van der Waals surface area (Å²) < 4.78 is 11.1. The zero-order valence-electron chi connectivity index (χ0n) is 15.3. The summed E-state index contributed by atoms with van der Waals surface area (Å²) in [5.41, 5.74) is 1.28. The SMILES string of the molecule is Cc1ccc(OCC(=O)NCC2(N3CCOCC3)CCCCC2)cc1. The Labute approximate surface area is 150 Å². The van der Waals surface area contributed by atoms with Crippen LogP contribution in [0.2, 0.25) is 0 Å². The highest BCUT2D eigenvalue weighted by Crippen LogP contribution is 2.33. The van der Waals surface area contributed by atoms with Gasteiger partial charge in [-0.2, -0.15) is 0 Å². The van der Waals surface area contributed by atoms with Crippen molar-refractivity contribution >= 4 is 5.91 Å². The Hall–Kier alpha value is -1.59. The van der Waals surface area contributed by atoms with Gasteiger partial charge in [0, 0.05) is 25.2 Å². The van der Waals surface area contributed by atoms with E-state index in [0.717, 1.165) is 44.9 Å².